The van der Waals surface area contributed by atoms with Gasteiger partial charge in [0.25, 0.3) is 0 Å². The SMILES string of the molecule is Cc1cc(C)c(NC(C)CN(C)CC(C)Nc2c(C)cc(C)cc2C)c(C)c1.[Br-].[Br-].[Co+2]. The van der Waals surface area contributed by atoms with Crippen molar-refractivity contribution >= 4 is 11.4 Å². The number of nitrogens with zero attached hydrogens (tertiary/aromatic N) is 1. The Balaban J connectivity index is 0. The average Bonchev–Trinajstić information content (AvgIpc) is 2.54. The monoisotopic (exact) mass is 598 g/mol. The topological polar surface area (TPSA) is 27.3 Å². The number of nitrogens with one attached hydrogen (secondary N) is 2. The van der Waals surface area contributed by atoms with Crippen LogP contribution in [0.3, 0.4) is 0 Å². The van der Waals surface area contributed by atoms with E-state index in [1.54, 1.807) is 0 Å². The molecule has 6 heteroatoms. The molecule has 2 aromatic carbocycles. The first kappa shape index (κ1) is 32.6. The van der Waals surface area contributed by atoms with Crippen molar-refractivity contribution in [3.05, 3.63) is 57.6 Å². The number of benzene rings is 2. The molecule has 31 heavy (non-hydrogen) atoms. The molecule has 0 aliphatic carbocycles. The minimum Gasteiger partial charge on any atom is -1.00 e. The number of aryl methyl sites for hydroxylation is 6. The standard InChI is InChI=1S/C25H39N3.2BrH.Co/c1-16-10-18(3)24(19(4)11-16)26-22(7)14-28(9)15-23(8)27-25-20(5)12-17(2)13-21(25)6;;;/h10-13,22-23,26-27H,14-15H2,1-9H3;2*1H;/q;;;+2/p-2. The smallest absolute Gasteiger partial charge is 1.00 e. The van der Waals surface area contributed by atoms with Gasteiger partial charge in [0.05, 0.1) is 0 Å². The quantitative estimate of drug-likeness (QED) is 0.439. The molecule has 177 valence electrons. The number of likely N-dealkylation sites (N-methyl/N-ethyl adjacent to an activating group) is 1. The van der Waals surface area contributed by atoms with Gasteiger partial charge in [-0.05, 0) is 84.7 Å². The van der Waals surface area contributed by atoms with Crippen LogP contribution in [0.1, 0.15) is 47.2 Å². The van der Waals surface area contributed by atoms with E-state index in [0.29, 0.717) is 12.1 Å². The van der Waals surface area contributed by atoms with Crippen LogP contribution >= 0.6 is 0 Å². The molecule has 0 saturated carbocycles. The summed E-state index contributed by atoms with van der Waals surface area (Å²) in [5.74, 6) is 0. The van der Waals surface area contributed by atoms with Crippen LogP contribution in [-0.2, 0) is 16.8 Å². The van der Waals surface area contributed by atoms with Gasteiger partial charge in [-0.2, -0.15) is 0 Å². The van der Waals surface area contributed by atoms with Crippen LogP contribution in [0.5, 0.6) is 0 Å². The van der Waals surface area contributed by atoms with E-state index in [2.05, 4.69) is 102 Å². The van der Waals surface area contributed by atoms with Crippen LogP contribution in [0.4, 0.5) is 11.4 Å². The fraction of sp³-hybridized carbons (Fsp3) is 0.520. The second kappa shape index (κ2) is 14.6. The van der Waals surface area contributed by atoms with Crippen LogP contribution < -0.4 is 44.6 Å². The Bertz CT molecular complexity index is 713. The largest absolute Gasteiger partial charge is 2.00 e. The zero-order valence-corrected chi connectivity index (χ0v) is 24.6. The molecule has 0 heterocycles. The molecule has 0 bridgehead atoms. The molecule has 0 saturated heterocycles. The molecule has 0 fully saturated rings. The maximum atomic E-state index is 3.72. The van der Waals surface area contributed by atoms with E-state index in [9.17, 15) is 0 Å². The van der Waals surface area contributed by atoms with Crippen molar-refractivity contribution in [2.75, 3.05) is 30.8 Å². The second-order valence-corrected chi connectivity index (χ2v) is 8.86. The summed E-state index contributed by atoms with van der Waals surface area (Å²) in [7, 11) is 2.21. The van der Waals surface area contributed by atoms with E-state index in [0.717, 1.165) is 13.1 Å². The summed E-state index contributed by atoms with van der Waals surface area (Å²) in [6, 6.07) is 9.79. The van der Waals surface area contributed by atoms with Crippen molar-refractivity contribution in [3.8, 4) is 0 Å². The number of hydrogen-bond acceptors (Lipinski definition) is 3. The first-order valence-corrected chi connectivity index (χ1v) is 10.4. The zero-order chi connectivity index (χ0) is 21.0. The van der Waals surface area contributed by atoms with Crippen molar-refractivity contribution in [3.63, 3.8) is 0 Å². The summed E-state index contributed by atoms with van der Waals surface area (Å²) in [6.07, 6.45) is 0. The van der Waals surface area contributed by atoms with E-state index >= 15 is 0 Å². The molecule has 0 spiro atoms. The average molecular weight is 600 g/mol. The Labute approximate surface area is 221 Å². The molecule has 0 aromatic heterocycles. The van der Waals surface area contributed by atoms with E-state index in [4.69, 9.17) is 0 Å². The summed E-state index contributed by atoms with van der Waals surface area (Å²) >= 11 is 0. The summed E-state index contributed by atoms with van der Waals surface area (Å²) in [4.78, 5) is 2.41. The summed E-state index contributed by atoms with van der Waals surface area (Å²) in [5.41, 5.74) is 10.5. The minimum atomic E-state index is 0. The summed E-state index contributed by atoms with van der Waals surface area (Å²) < 4.78 is 0. The minimum absolute atomic E-state index is 0. The van der Waals surface area contributed by atoms with Crippen molar-refractivity contribution in [1.29, 1.82) is 0 Å². The van der Waals surface area contributed by atoms with Crippen LogP contribution in [0, 0.1) is 41.5 Å². The summed E-state index contributed by atoms with van der Waals surface area (Å²) in [5, 5.41) is 7.44. The molecule has 1 radical (unpaired) electrons. The second-order valence-electron chi connectivity index (χ2n) is 8.86. The van der Waals surface area contributed by atoms with E-state index < -0.39 is 0 Å². The number of hydrogen-bond donors (Lipinski definition) is 2. The third-order valence-corrected chi connectivity index (χ3v) is 5.31. The Hall–Kier alpha value is -0.534. The van der Waals surface area contributed by atoms with Gasteiger partial charge in [-0.25, -0.2) is 0 Å². The predicted octanol–water partition coefficient (Wildman–Crippen LogP) is -0.225. The first-order valence-electron chi connectivity index (χ1n) is 10.4. The Morgan fingerprint density at radius 2 is 0.903 bits per heavy atom. The fourth-order valence-corrected chi connectivity index (χ4v) is 4.41. The van der Waals surface area contributed by atoms with Crippen molar-refractivity contribution in [1.82, 2.24) is 4.90 Å². The molecule has 0 aliphatic rings. The Morgan fingerprint density at radius 1 is 0.645 bits per heavy atom. The van der Waals surface area contributed by atoms with Gasteiger partial charge in [0, 0.05) is 36.5 Å². The molecule has 0 amide bonds. The first-order chi connectivity index (χ1) is 13.1. The molecule has 2 atom stereocenters. The molecule has 2 N–H and O–H groups in total. The van der Waals surface area contributed by atoms with E-state index in [-0.39, 0.29) is 50.7 Å². The number of anilines is 2. The van der Waals surface area contributed by atoms with E-state index in [1.165, 1.54) is 44.8 Å². The third kappa shape index (κ3) is 9.87. The van der Waals surface area contributed by atoms with Gasteiger partial charge >= 0.3 is 16.8 Å². The van der Waals surface area contributed by atoms with Gasteiger partial charge in [-0.3, -0.25) is 0 Å². The molecule has 2 rings (SSSR count). The molecule has 2 aromatic rings. The van der Waals surface area contributed by atoms with Crippen LogP contribution in [0.2, 0.25) is 0 Å². The fourth-order valence-electron chi connectivity index (χ4n) is 4.41. The van der Waals surface area contributed by atoms with Crippen molar-refractivity contribution < 1.29 is 50.7 Å². The van der Waals surface area contributed by atoms with E-state index in [1.807, 2.05) is 0 Å². The van der Waals surface area contributed by atoms with Gasteiger partial charge in [-0.1, -0.05) is 35.4 Å². The number of rotatable bonds is 8. The van der Waals surface area contributed by atoms with Crippen molar-refractivity contribution in [2.45, 2.75) is 67.5 Å². The van der Waals surface area contributed by atoms with Crippen LogP contribution in [-0.4, -0.2) is 37.1 Å². The van der Waals surface area contributed by atoms with Crippen LogP contribution in [0.25, 0.3) is 0 Å². The summed E-state index contributed by atoms with van der Waals surface area (Å²) in [6.45, 7) is 19.6. The van der Waals surface area contributed by atoms with Gasteiger partial charge in [0.2, 0.25) is 0 Å². The Morgan fingerprint density at radius 3 is 1.16 bits per heavy atom. The van der Waals surface area contributed by atoms with Crippen molar-refractivity contribution in [2.24, 2.45) is 0 Å². The van der Waals surface area contributed by atoms with Gasteiger partial charge in [0.15, 0.2) is 0 Å². The molecule has 3 nitrogen and oxygen atoms in total. The van der Waals surface area contributed by atoms with Gasteiger partial charge in [-0.15, -0.1) is 0 Å². The zero-order valence-electron chi connectivity index (χ0n) is 20.4. The Kier molecular flexibility index (Phi) is 15.4. The maximum absolute atomic E-state index is 3.72. The van der Waals surface area contributed by atoms with Crippen LogP contribution in [0.15, 0.2) is 24.3 Å². The predicted molar refractivity (Wildman–Crippen MR) is 125 cm³/mol. The number of halogens is 2. The molecule has 2 unspecified atom stereocenters. The molecular formula is C25H39Br2CoN3. The van der Waals surface area contributed by atoms with Gasteiger partial charge in [0.1, 0.15) is 0 Å². The maximum Gasteiger partial charge on any atom is 2.00 e. The third-order valence-electron chi connectivity index (χ3n) is 5.31. The molecular weight excluding hydrogens is 561 g/mol. The normalized spacial score (nSPS) is 12.2. The van der Waals surface area contributed by atoms with Gasteiger partial charge < -0.3 is 49.5 Å². The molecule has 0 aliphatic heterocycles.